The zero-order valence-electron chi connectivity index (χ0n) is 15.1. The van der Waals surface area contributed by atoms with Gasteiger partial charge in [0.1, 0.15) is 18.6 Å². The molecule has 1 saturated heterocycles. The van der Waals surface area contributed by atoms with Gasteiger partial charge >= 0.3 is 0 Å². The third-order valence-corrected chi connectivity index (χ3v) is 4.55. The summed E-state index contributed by atoms with van der Waals surface area (Å²) in [6, 6.07) is 6.87. The first-order valence-corrected chi connectivity index (χ1v) is 9.09. The number of amides is 2. The van der Waals surface area contributed by atoms with E-state index in [1.807, 2.05) is 0 Å². The SMILES string of the molecule is O=C(CN(CCN1CCCCC1)C(=O)c1ccc(F)cc1)Nc1ccon1. The Morgan fingerprint density at radius 1 is 1.15 bits per heavy atom. The van der Waals surface area contributed by atoms with E-state index in [2.05, 4.69) is 19.9 Å². The maximum atomic E-state index is 13.2. The first-order chi connectivity index (χ1) is 13.1. The molecule has 8 heteroatoms. The summed E-state index contributed by atoms with van der Waals surface area (Å²) >= 11 is 0. The van der Waals surface area contributed by atoms with Gasteiger partial charge in [-0.3, -0.25) is 9.59 Å². The standard InChI is InChI=1S/C19H23FN4O3/c20-16-6-4-15(5-7-16)19(26)24(12-11-23-9-2-1-3-10-23)14-18(25)21-17-8-13-27-22-17/h4-8,13H,1-3,9-12,14H2,(H,21,22,25). The largest absolute Gasteiger partial charge is 0.363 e. The van der Waals surface area contributed by atoms with Crippen molar-refractivity contribution in [3.05, 3.63) is 48.0 Å². The number of nitrogens with zero attached hydrogens (tertiary/aromatic N) is 3. The third kappa shape index (κ3) is 5.62. The predicted octanol–water partition coefficient (Wildman–Crippen LogP) is 2.38. The summed E-state index contributed by atoms with van der Waals surface area (Å²) in [5.41, 5.74) is 0.351. The van der Waals surface area contributed by atoms with Crippen molar-refractivity contribution in [2.45, 2.75) is 19.3 Å². The summed E-state index contributed by atoms with van der Waals surface area (Å²) < 4.78 is 17.8. The number of hydrogen-bond acceptors (Lipinski definition) is 5. The Hall–Kier alpha value is -2.74. The maximum absolute atomic E-state index is 13.2. The molecule has 1 aromatic carbocycles. The van der Waals surface area contributed by atoms with Crippen LogP contribution >= 0.6 is 0 Å². The van der Waals surface area contributed by atoms with E-state index in [0.717, 1.165) is 25.9 Å². The van der Waals surface area contributed by atoms with Crippen molar-refractivity contribution in [1.82, 2.24) is 15.0 Å². The van der Waals surface area contributed by atoms with Crippen LogP contribution in [0.15, 0.2) is 41.1 Å². The quantitative estimate of drug-likeness (QED) is 0.805. The van der Waals surface area contributed by atoms with Gasteiger partial charge in [-0.1, -0.05) is 11.6 Å². The van der Waals surface area contributed by atoms with Gasteiger partial charge in [-0.15, -0.1) is 0 Å². The van der Waals surface area contributed by atoms with Gasteiger partial charge in [0.25, 0.3) is 5.91 Å². The van der Waals surface area contributed by atoms with Crippen LogP contribution in [0.3, 0.4) is 0 Å². The van der Waals surface area contributed by atoms with E-state index in [1.54, 1.807) is 0 Å². The van der Waals surface area contributed by atoms with Crippen LogP contribution in [-0.4, -0.2) is 59.5 Å². The highest BCUT2D eigenvalue weighted by molar-refractivity contribution is 5.99. The van der Waals surface area contributed by atoms with Crippen molar-refractivity contribution >= 4 is 17.6 Å². The van der Waals surface area contributed by atoms with Crippen LogP contribution in [-0.2, 0) is 4.79 Å². The fourth-order valence-corrected chi connectivity index (χ4v) is 3.11. The molecule has 1 aliphatic rings. The summed E-state index contributed by atoms with van der Waals surface area (Å²) in [5.74, 6) is -0.777. The average molecular weight is 374 g/mol. The Bertz CT molecular complexity index is 743. The molecule has 1 aliphatic heterocycles. The minimum absolute atomic E-state index is 0.114. The third-order valence-electron chi connectivity index (χ3n) is 4.55. The first kappa shape index (κ1) is 19.0. The lowest BCUT2D eigenvalue weighted by Gasteiger charge is -2.30. The molecular formula is C19H23FN4O3. The molecular weight excluding hydrogens is 351 g/mol. The Labute approximate surface area is 157 Å². The number of anilines is 1. The molecule has 2 heterocycles. The van der Waals surface area contributed by atoms with E-state index < -0.39 is 5.82 Å². The highest BCUT2D eigenvalue weighted by Gasteiger charge is 2.21. The fraction of sp³-hybridized carbons (Fsp3) is 0.421. The fourth-order valence-electron chi connectivity index (χ4n) is 3.11. The van der Waals surface area contributed by atoms with Gasteiger partial charge in [0.15, 0.2) is 5.82 Å². The molecule has 0 radical (unpaired) electrons. The van der Waals surface area contributed by atoms with Gasteiger partial charge in [-0.05, 0) is 50.2 Å². The van der Waals surface area contributed by atoms with Gasteiger partial charge in [0, 0.05) is 24.7 Å². The number of hydrogen-bond donors (Lipinski definition) is 1. The number of carbonyl (C=O) groups excluding carboxylic acids is 2. The summed E-state index contributed by atoms with van der Waals surface area (Å²) in [6.07, 6.45) is 4.89. The number of benzene rings is 1. The number of aromatic nitrogens is 1. The molecule has 2 amide bonds. The van der Waals surface area contributed by atoms with Gasteiger partial charge in [-0.25, -0.2) is 4.39 Å². The number of rotatable bonds is 7. The zero-order chi connectivity index (χ0) is 19.1. The topological polar surface area (TPSA) is 78.7 Å². The van der Waals surface area contributed by atoms with E-state index >= 15 is 0 Å². The van der Waals surface area contributed by atoms with Crippen LogP contribution in [0, 0.1) is 5.82 Å². The molecule has 0 aliphatic carbocycles. The van der Waals surface area contributed by atoms with Crippen molar-refractivity contribution < 1.29 is 18.5 Å². The summed E-state index contributed by atoms with van der Waals surface area (Å²) in [4.78, 5) is 28.9. The van der Waals surface area contributed by atoms with Crippen molar-refractivity contribution in [3.63, 3.8) is 0 Å². The molecule has 27 heavy (non-hydrogen) atoms. The summed E-state index contributed by atoms with van der Waals surface area (Å²) in [5, 5.41) is 6.23. The number of carbonyl (C=O) groups is 2. The first-order valence-electron chi connectivity index (χ1n) is 9.09. The van der Waals surface area contributed by atoms with Gasteiger partial charge in [-0.2, -0.15) is 0 Å². The molecule has 0 atom stereocenters. The summed E-state index contributed by atoms with van der Waals surface area (Å²) in [7, 11) is 0. The average Bonchev–Trinajstić information content (AvgIpc) is 3.19. The number of nitrogens with one attached hydrogen (secondary N) is 1. The number of piperidine rings is 1. The van der Waals surface area contributed by atoms with Crippen LogP contribution in [0.1, 0.15) is 29.6 Å². The minimum Gasteiger partial charge on any atom is -0.363 e. The Balaban J connectivity index is 1.65. The van der Waals surface area contributed by atoms with Gasteiger partial charge in [0.05, 0.1) is 0 Å². The van der Waals surface area contributed by atoms with E-state index in [9.17, 15) is 14.0 Å². The second-order valence-electron chi connectivity index (χ2n) is 6.57. The lowest BCUT2D eigenvalue weighted by molar-refractivity contribution is -0.117. The Morgan fingerprint density at radius 3 is 2.56 bits per heavy atom. The van der Waals surface area contributed by atoms with Crippen molar-refractivity contribution in [3.8, 4) is 0 Å². The van der Waals surface area contributed by atoms with E-state index in [0.29, 0.717) is 24.5 Å². The van der Waals surface area contributed by atoms with Crippen LogP contribution in [0.25, 0.3) is 0 Å². The second-order valence-corrected chi connectivity index (χ2v) is 6.57. The second kappa shape index (κ2) is 9.27. The Morgan fingerprint density at radius 2 is 1.89 bits per heavy atom. The smallest absolute Gasteiger partial charge is 0.254 e. The minimum atomic E-state index is -0.407. The van der Waals surface area contributed by atoms with Crippen LogP contribution < -0.4 is 5.32 Å². The van der Waals surface area contributed by atoms with Gasteiger partial charge in [0.2, 0.25) is 5.91 Å². The number of likely N-dealkylation sites (tertiary alicyclic amines) is 1. The highest BCUT2D eigenvalue weighted by Crippen LogP contribution is 2.11. The zero-order valence-corrected chi connectivity index (χ0v) is 15.1. The van der Waals surface area contributed by atoms with Crippen LogP contribution in [0.4, 0.5) is 10.2 Å². The molecule has 1 fully saturated rings. The molecule has 0 unspecified atom stereocenters. The predicted molar refractivity (Wildman–Crippen MR) is 97.7 cm³/mol. The molecule has 144 valence electrons. The molecule has 0 spiro atoms. The molecule has 0 bridgehead atoms. The normalized spacial score (nSPS) is 14.7. The van der Waals surface area contributed by atoms with E-state index in [4.69, 9.17) is 0 Å². The highest BCUT2D eigenvalue weighted by atomic mass is 19.1. The van der Waals surface area contributed by atoms with Crippen molar-refractivity contribution in [2.75, 3.05) is 38.0 Å². The lowest BCUT2D eigenvalue weighted by atomic mass is 10.1. The number of halogens is 1. The van der Waals surface area contributed by atoms with Gasteiger partial charge < -0.3 is 19.6 Å². The molecule has 2 aromatic rings. The molecule has 0 saturated carbocycles. The molecule has 3 rings (SSSR count). The monoisotopic (exact) mass is 374 g/mol. The van der Waals surface area contributed by atoms with Crippen molar-refractivity contribution in [2.24, 2.45) is 0 Å². The Kier molecular flexibility index (Phi) is 6.54. The molecule has 1 aromatic heterocycles. The summed E-state index contributed by atoms with van der Waals surface area (Å²) in [6.45, 7) is 3.01. The molecule has 1 N–H and O–H groups in total. The maximum Gasteiger partial charge on any atom is 0.254 e. The van der Waals surface area contributed by atoms with Crippen molar-refractivity contribution in [1.29, 1.82) is 0 Å². The lowest BCUT2D eigenvalue weighted by Crippen LogP contribution is -2.43. The molecule has 7 nitrogen and oxygen atoms in total. The van der Waals surface area contributed by atoms with E-state index in [-0.39, 0.29) is 18.4 Å². The van der Waals surface area contributed by atoms with Crippen LogP contribution in [0.5, 0.6) is 0 Å². The van der Waals surface area contributed by atoms with E-state index in [1.165, 1.54) is 47.9 Å². The van der Waals surface area contributed by atoms with Crippen LogP contribution in [0.2, 0.25) is 0 Å².